The zero-order valence-corrected chi connectivity index (χ0v) is 21.8. The Hall–Kier alpha value is -3.76. The van der Waals surface area contributed by atoms with E-state index in [1.165, 1.54) is 23.5 Å². The number of benzene rings is 2. The third kappa shape index (κ3) is 5.35. The van der Waals surface area contributed by atoms with Crippen LogP contribution in [-0.4, -0.2) is 60.1 Å². The molecule has 3 N–H and O–H groups in total. The minimum Gasteiger partial charge on any atom is -0.369 e. The Labute approximate surface area is 218 Å². The maximum atomic E-state index is 13.7. The summed E-state index contributed by atoms with van der Waals surface area (Å²) in [6.45, 7) is 7.59. The van der Waals surface area contributed by atoms with Crippen molar-refractivity contribution in [1.82, 2.24) is 20.4 Å². The largest absolute Gasteiger partial charge is 0.369 e. The topological polar surface area (TPSA) is 93.4 Å². The van der Waals surface area contributed by atoms with Gasteiger partial charge in [0.25, 0.3) is 11.8 Å². The van der Waals surface area contributed by atoms with Gasteiger partial charge >= 0.3 is 0 Å². The van der Waals surface area contributed by atoms with Crippen LogP contribution in [0.25, 0.3) is 10.2 Å². The number of aromatic amines is 1. The van der Waals surface area contributed by atoms with Crippen molar-refractivity contribution < 1.29 is 14.0 Å². The first-order chi connectivity index (χ1) is 17.7. The van der Waals surface area contributed by atoms with E-state index in [0.717, 1.165) is 31.9 Å². The monoisotopic (exact) mass is 520 g/mol. The molecule has 3 heterocycles. The number of anilines is 2. The normalized spacial score (nSPS) is 14.6. The van der Waals surface area contributed by atoms with Gasteiger partial charge in [-0.2, -0.15) is 5.10 Å². The van der Waals surface area contributed by atoms with Gasteiger partial charge in [-0.1, -0.05) is 12.1 Å². The predicted octanol–water partition coefficient (Wildman–Crippen LogP) is 4.43. The number of piperazine rings is 1. The Bertz CT molecular complexity index is 1440. The number of aromatic nitrogens is 2. The van der Waals surface area contributed by atoms with Gasteiger partial charge in [0.15, 0.2) is 5.82 Å². The summed E-state index contributed by atoms with van der Waals surface area (Å²) in [4.78, 5) is 31.7. The number of likely N-dealkylation sites (N-methyl/N-ethyl adjacent to an activating group) is 1. The highest BCUT2D eigenvalue weighted by Crippen LogP contribution is 2.31. The summed E-state index contributed by atoms with van der Waals surface area (Å²) in [5, 5.41) is 13.6. The first-order valence-corrected chi connectivity index (χ1v) is 12.9. The fourth-order valence-electron chi connectivity index (χ4n) is 4.39. The highest BCUT2D eigenvalue weighted by Gasteiger charge is 2.26. The van der Waals surface area contributed by atoms with Crippen LogP contribution in [0.3, 0.4) is 0 Å². The van der Waals surface area contributed by atoms with Crippen LogP contribution in [0.5, 0.6) is 0 Å². The molecule has 5 rings (SSSR count). The average molecular weight is 521 g/mol. The Morgan fingerprint density at radius 2 is 1.76 bits per heavy atom. The van der Waals surface area contributed by atoms with E-state index in [-0.39, 0.29) is 17.6 Å². The molecule has 0 aliphatic carbocycles. The highest BCUT2D eigenvalue weighted by atomic mass is 32.1. The lowest BCUT2D eigenvalue weighted by Crippen LogP contribution is -2.44. The number of carbonyl (C=O) groups is 2. The lowest BCUT2D eigenvalue weighted by molar-refractivity contribution is 0.0915. The summed E-state index contributed by atoms with van der Waals surface area (Å²) in [5.41, 5.74) is 1.51. The van der Waals surface area contributed by atoms with Crippen LogP contribution in [0.4, 0.5) is 15.9 Å². The van der Waals surface area contributed by atoms with Crippen LogP contribution in [0, 0.1) is 5.82 Å². The number of hydrogen-bond donors (Lipinski definition) is 3. The third-order valence-electron chi connectivity index (χ3n) is 6.68. The summed E-state index contributed by atoms with van der Waals surface area (Å²) >= 11 is 1.24. The second kappa shape index (κ2) is 9.95. The Balaban J connectivity index is 1.27. The number of fused-ring (bicyclic) bond motifs is 1. The van der Waals surface area contributed by atoms with Crippen LogP contribution in [0.15, 0.2) is 54.6 Å². The van der Waals surface area contributed by atoms with Crippen molar-refractivity contribution in [2.75, 3.05) is 43.4 Å². The number of nitrogens with zero attached hydrogens (tertiary/aromatic N) is 3. The van der Waals surface area contributed by atoms with E-state index in [9.17, 15) is 14.0 Å². The van der Waals surface area contributed by atoms with Gasteiger partial charge in [-0.05, 0) is 68.9 Å². The minimum atomic E-state index is -0.775. The maximum Gasteiger partial charge on any atom is 0.262 e. The SMILES string of the molecule is CN1CCN(c2ccc(C(=O)Nc3n[nH]c4sc(C(=O)NC(C)(C)c5cccc(F)c5)cc34)cc2)CC1. The fourth-order valence-corrected chi connectivity index (χ4v) is 5.28. The molecule has 192 valence electrons. The lowest BCUT2D eigenvalue weighted by Gasteiger charge is -2.34. The van der Waals surface area contributed by atoms with Gasteiger partial charge < -0.3 is 20.4 Å². The molecule has 1 saturated heterocycles. The third-order valence-corrected chi connectivity index (χ3v) is 7.72. The van der Waals surface area contributed by atoms with Gasteiger partial charge in [0.1, 0.15) is 10.6 Å². The molecular weight excluding hydrogens is 491 g/mol. The molecule has 10 heteroatoms. The summed E-state index contributed by atoms with van der Waals surface area (Å²) in [7, 11) is 2.12. The van der Waals surface area contributed by atoms with Crippen LogP contribution < -0.4 is 15.5 Å². The smallest absolute Gasteiger partial charge is 0.262 e. The van der Waals surface area contributed by atoms with E-state index in [0.29, 0.717) is 32.0 Å². The number of H-pyrrole nitrogens is 1. The molecule has 0 bridgehead atoms. The van der Waals surface area contributed by atoms with Crippen LogP contribution in [0.2, 0.25) is 0 Å². The molecule has 0 unspecified atom stereocenters. The summed E-state index contributed by atoms with van der Waals surface area (Å²) < 4.78 is 13.7. The molecule has 0 radical (unpaired) electrons. The van der Waals surface area contributed by atoms with Gasteiger partial charge in [0, 0.05) is 37.4 Å². The Morgan fingerprint density at radius 1 is 1.03 bits per heavy atom. The average Bonchev–Trinajstić information content (AvgIpc) is 3.46. The molecule has 1 fully saturated rings. The number of rotatable bonds is 6. The molecule has 37 heavy (non-hydrogen) atoms. The number of hydrogen-bond acceptors (Lipinski definition) is 6. The quantitative estimate of drug-likeness (QED) is 0.350. The number of thiophene rings is 1. The van der Waals surface area contributed by atoms with Gasteiger partial charge in [0.05, 0.1) is 15.8 Å². The van der Waals surface area contributed by atoms with Crippen LogP contribution in [0.1, 0.15) is 39.4 Å². The van der Waals surface area contributed by atoms with Gasteiger partial charge in [-0.25, -0.2) is 4.39 Å². The van der Waals surface area contributed by atoms with Crippen molar-refractivity contribution >= 4 is 44.9 Å². The van der Waals surface area contributed by atoms with Crippen molar-refractivity contribution in [2.24, 2.45) is 0 Å². The molecule has 2 amide bonds. The van der Waals surface area contributed by atoms with Crippen molar-refractivity contribution in [2.45, 2.75) is 19.4 Å². The Kier molecular flexibility index (Phi) is 6.70. The number of amides is 2. The molecule has 8 nitrogen and oxygen atoms in total. The van der Waals surface area contributed by atoms with E-state index in [1.54, 1.807) is 18.2 Å². The van der Waals surface area contributed by atoms with Crippen molar-refractivity contribution in [3.05, 3.63) is 76.4 Å². The molecule has 1 aliphatic rings. The van der Waals surface area contributed by atoms with Crippen LogP contribution >= 0.6 is 11.3 Å². The molecule has 1 aliphatic heterocycles. The van der Waals surface area contributed by atoms with Gasteiger partial charge in [-0.3, -0.25) is 14.7 Å². The molecular formula is C27H29FN6O2S. The predicted molar refractivity (Wildman–Crippen MR) is 145 cm³/mol. The highest BCUT2D eigenvalue weighted by molar-refractivity contribution is 7.20. The van der Waals surface area contributed by atoms with Gasteiger partial charge in [0.2, 0.25) is 0 Å². The standard InChI is InChI=1S/C27H29FN6O2S/c1-27(2,18-5-4-6-19(28)15-18)30-25(36)22-16-21-23(31-32-26(21)37-22)29-24(35)17-7-9-20(10-8-17)34-13-11-33(3)12-14-34/h4-10,15-16H,11-14H2,1-3H3,(H,30,36)(H2,29,31,32,35). The summed E-state index contributed by atoms with van der Waals surface area (Å²) in [6.07, 6.45) is 0. The zero-order chi connectivity index (χ0) is 26.2. The molecule has 0 atom stereocenters. The molecule has 2 aromatic heterocycles. The van der Waals surface area contributed by atoms with Crippen molar-refractivity contribution in [3.8, 4) is 0 Å². The van der Waals surface area contributed by atoms with Crippen molar-refractivity contribution in [1.29, 1.82) is 0 Å². The molecule has 4 aromatic rings. The first-order valence-electron chi connectivity index (χ1n) is 12.1. The molecule has 0 spiro atoms. The van der Waals surface area contributed by atoms with E-state index in [2.05, 4.69) is 37.7 Å². The lowest BCUT2D eigenvalue weighted by atomic mass is 9.94. The fraction of sp³-hybridized carbons (Fsp3) is 0.296. The number of halogens is 1. The van der Waals surface area contributed by atoms with E-state index in [4.69, 9.17) is 0 Å². The second-order valence-electron chi connectivity index (χ2n) is 9.81. The van der Waals surface area contributed by atoms with E-state index < -0.39 is 5.54 Å². The molecule has 2 aromatic carbocycles. The number of nitrogens with one attached hydrogen (secondary N) is 3. The summed E-state index contributed by atoms with van der Waals surface area (Å²) in [5.74, 6) is -0.559. The first kappa shape index (κ1) is 24.9. The van der Waals surface area contributed by atoms with Crippen molar-refractivity contribution in [3.63, 3.8) is 0 Å². The van der Waals surface area contributed by atoms with E-state index in [1.807, 2.05) is 38.1 Å². The second-order valence-corrected chi connectivity index (χ2v) is 10.9. The number of carbonyl (C=O) groups excluding carboxylic acids is 2. The van der Waals surface area contributed by atoms with Gasteiger partial charge in [-0.15, -0.1) is 11.3 Å². The van der Waals surface area contributed by atoms with E-state index >= 15 is 0 Å². The summed E-state index contributed by atoms with van der Waals surface area (Å²) in [6, 6.07) is 15.4. The Morgan fingerprint density at radius 3 is 2.46 bits per heavy atom. The van der Waals surface area contributed by atoms with Crippen LogP contribution in [-0.2, 0) is 5.54 Å². The minimum absolute atomic E-state index is 0.275. The molecule has 0 saturated carbocycles. The maximum absolute atomic E-state index is 13.7. The zero-order valence-electron chi connectivity index (χ0n) is 21.0.